The fraction of sp³-hybridized carbons (Fsp3) is 0.409. The van der Waals surface area contributed by atoms with Gasteiger partial charge in [0, 0.05) is 39.1 Å². The zero-order chi connectivity index (χ0) is 19.5. The molecule has 1 fully saturated rings. The summed E-state index contributed by atoms with van der Waals surface area (Å²) >= 11 is 6.29. The van der Waals surface area contributed by atoms with Gasteiger partial charge >= 0.3 is 0 Å². The van der Waals surface area contributed by atoms with Gasteiger partial charge in [-0.1, -0.05) is 35.9 Å². The maximum absolute atomic E-state index is 12.1. The number of aliphatic hydroxyl groups is 1. The molecular weight excluding hydrogens is 376 g/mol. The van der Waals surface area contributed by atoms with Crippen LogP contribution in [0.1, 0.15) is 22.3 Å². The highest BCUT2D eigenvalue weighted by Gasteiger charge is 2.25. The molecule has 0 spiro atoms. The molecule has 6 heteroatoms. The van der Waals surface area contributed by atoms with E-state index in [4.69, 9.17) is 16.3 Å². The first kappa shape index (κ1) is 19.2. The van der Waals surface area contributed by atoms with E-state index >= 15 is 0 Å². The summed E-state index contributed by atoms with van der Waals surface area (Å²) in [5.41, 5.74) is 2.81. The van der Waals surface area contributed by atoms with E-state index in [0.29, 0.717) is 24.3 Å². The molecule has 148 valence electrons. The van der Waals surface area contributed by atoms with Crippen LogP contribution in [0.4, 0.5) is 5.69 Å². The number of halogens is 1. The Hall–Kier alpha value is -2.08. The average molecular weight is 401 g/mol. The van der Waals surface area contributed by atoms with Gasteiger partial charge in [0.1, 0.15) is 18.5 Å². The molecule has 0 radical (unpaired) electrons. The normalized spacial score (nSPS) is 18.2. The predicted molar refractivity (Wildman–Crippen MR) is 111 cm³/mol. The predicted octanol–water partition coefficient (Wildman–Crippen LogP) is 3.03. The minimum Gasteiger partial charge on any atom is -0.490 e. The second kappa shape index (κ2) is 8.52. The summed E-state index contributed by atoms with van der Waals surface area (Å²) in [6.07, 6.45) is 0.733. The smallest absolute Gasteiger partial charge is 0.167 e. The zero-order valence-electron chi connectivity index (χ0n) is 15.8. The summed E-state index contributed by atoms with van der Waals surface area (Å²) in [5, 5.41) is 11.2. The van der Waals surface area contributed by atoms with E-state index in [2.05, 4.69) is 9.80 Å². The lowest BCUT2D eigenvalue weighted by Crippen LogP contribution is -2.49. The molecular formula is C22H25ClN2O3. The summed E-state index contributed by atoms with van der Waals surface area (Å²) in [6, 6.07) is 13.6. The van der Waals surface area contributed by atoms with Crippen molar-refractivity contribution >= 4 is 23.1 Å². The fourth-order valence-corrected chi connectivity index (χ4v) is 4.27. The molecule has 1 heterocycles. The van der Waals surface area contributed by atoms with Crippen LogP contribution in [0, 0.1) is 0 Å². The van der Waals surface area contributed by atoms with E-state index in [9.17, 15) is 9.90 Å². The second-order valence-corrected chi connectivity index (χ2v) is 7.82. The van der Waals surface area contributed by atoms with Crippen molar-refractivity contribution in [2.45, 2.75) is 18.9 Å². The molecule has 28 heavy (non-hydrogen) atoms. The molecule has 1 aliphatic carbocycles. The van der Waals surface area contributed by atoms with Gasteiger partial charge in [0.2, 0.25) is 0 Å². The van der Waals surface area contributed by atoms with Crippen molar-refractivity contribution in [3.8, 4) is 5.75 Å². The van der Waals surface area contributed by atoms with Gasteiger partial charge in [-0.25, -0.2) is 0 Å². The number of hydrogen-bond acceptors (Lipinski definition) is 5. The molecule has 2 aromatic rings. The van der Waals surface area contributed by atoms with Crippen molar-refractivity contribution in [2.24, 2.45) is 0 Å². The van der Waals surface area contributed by atoms with Crippen molar-refractivity contribution in [1.82, 2.24) is 4.90 Å². The van der Waals surface area contributed by atoms with Crippen LogP contribution in [0.2, 0.25) is 5.02 Å². The number of ether oxygens (including phenoxy) is 1. The number of Topliss-reactive ketones (excluding diaryl/α,β-unsaturated/α-hetero) is 1. The standard InChI is InChI=1S/C22H25ClN2O3/c23-18-5-1-2-6-19(18)25-12-10-24(11-13-25)14-17(26)15-28-21-7-3-4-16-8-9-20(27)22(16)21/h1-7,17,26H,8-15H2. The van der Waals surface area contributed by atoms with Crippen molar-refractivity contribution in [3.05, 3.63) is 58.6 Å². The number of piperazine rings is 1. The molecule has 1 aliphatic heterocycles. The molecule has 0 bridgehead atoms. The van der Waals surface area contributed by atoms with Gasteiger partial charge in [0.25, 0.3) is 0 Å². The summed E-state index contributed by atoms with van der Waals surface area (Å²) in [5.74, 6) is 0.735. The summed E-state index contributed by atoms with van der Waals surface area (Å²) < 4.78 is 5.80. The van der Waals surface area contributed by atoms with E-state index in [1.54, 1.807) is 0 Å². The molecule has 4 rings (SSSR count). The van der Waals surface area contributed by atoms with Crippen molar-refractivity contribution < 1.29 is 14.6 Å². The first-order valence-corrected chi connectivity index (χ1v) is 10.2. The van der Waals surface area contributed by atoms with Crippen LogP contribution >= 0.6 is 11.6 Å². The quantitative estimate of drug-likeness (QED) is 0.807. The number of aryl methyl sites for hydroxylation is 1. The summed E-state index contributed by atoms with van der Waals surface area (Å²) in [7, 11) is 0. The Bertz CT molecular complexity index is 849. The van der Waals surface area contributed by atoms with Crippen LogP contribution in [-0.2, 0) is 6.42 Å². The van der Waals surface area contributed by atoms with Gasteiger partial charge in [-0.15, -0.1) is 0 Å². The molecule has 2 aliphatic rings. The lowest BCUT2D eigenvalue weighted by atomic mass is 10.1. The van der Waals surface area contributed by atoms with Crippen molar-refractivity contribution in [3.63, 3.8) is 0 Å². The number of carbonyl (C=O) groups excluding carboxylic acids is 1. The van der Waals surface area contributed by atoms with E-state index in [-0.39, 0.29) is 12.4 Å². The maximum Gasteiger partial charge on any atom is 0.167 e. The van der Waals surface area contributed by atoms with Gasteiger partial charge < -0.3 is 14.7 Å². The van der Waals surface area contributed by atoms with Gasteiger partial charge in [0.05, 0.1) is 16.3 Å². The Balaban J connectivity index is 1.27. The van der Waals surface area contributed by atoms with E-state index < -0.39 is 6.10 Å². The number of aliphatic hydroxyl groups excluding tert-OH is 1. The van der Waals surface area contributed by atoms with Crippen molar-refractivity contribution in [2.75, 3.05) is 44.2 Å². The lowest BCUT2D eigenvalue weighted by molar-refractivity contribution is 0.0656. The Morgan fingerprint density at radius 3 is 2.61 bits per heavy atom. The number of β-amino-alcohol motifs (C(OH)–C–C–N with tert-alkyl or cyclic N) is 1. The molecule has 1 unspecified atom stereocenters. The zero-order valence-corrected chi connectivity index (χ0v) is 16.6. The monoisotopic (exact) mass is 400 g/mol. The first-order valence-electron chi connectivity index (χ1n) is 9.79. The van der Waals surface area contributed by atoms with Gasteiger partial charge in [0.15, 0.2) is 5.78 Å². The Labute approximate surface area is 170 Å². The van der Waals surface area contributed by atoms with Crippen LogP contribution in [0.3, 0.4) is 0 Å². The number of anilines is 1. The number of ketones is 1. The third kappa shape index (κ3) is 4.17. The average Bonchev–Trinajstić information content (AvgIpc) is 3.09. The van der Waals surface area contributed by atoms with Crippen LogP contribution < -0.4 is 9.64 Å². The number of carbonyl (C=O) groups is 1. The topological polar surface area (TPSA) is 53.0 Å². The minimum atomic E-state index is -0.598. The third-order valence-corrected chi connectivity index (χ3v) is 5.80. The van der Waals surface area contributed by atoms with E-state index in [1.165, 1.54) is 0 Å². The second-order valence-electron chi connectivity index (χ2n) is 7.42. The van der Waals surface area contributed by atoms with Gasteiger partial charge in [-0.2, -0.15) is 0 Å². The Morgan fingerprint density at radius 1 is 1.04 bits per heavy atom. The number of fused-ring (bicyclic) bond motifs is 1. The first-order chi connectivity index (χ1) is 13.6. The van der Waals surface area contributed by atoms with Crippen LogP contribution in [0.5, 0.6) is 5.75 Å². The molecule has 1 atom stereocenters. The van der Waals surface area contributed by atoms with E-state index in [0.717, 1.165) is 48.9 Å². The number of para-hydroxylation sites is 1. The maximum atomic E-state index is 12.1. The molecule has 5 nitrogen and oxygen atoms in total. The fourth-order valence-electron chi connectivity index (χ4n) is 4.01. The number of benzene rings is 2. The largest absolute Gasteiger partial charge is 0.490 e. The Morgan fingerprint density at radius 2 is 1.82 bits per heavy atom. The molecule has 0 amide bonds. The molecule has 1 N–H and O–H groups in total. The highest BCUT2D eigenvalue weighted by atomic mass is 35.5. The summed E-state index contributed by atoms with van der Waals surface area (Å²) in [6.45, 7) is 4.22. The van der Waals surface area contributed by atoms with Gasteiger partial charge in [-0.05, 0) is 30.2 Å². The lowest BCUT2D eigenvalue weighted by Gasteiger charge is -2.37. The highest BCUT2D eigenvalue weighted by Crippen LogP contribution is 2.30. The van der Waals surface area contributed by atoms with Crippen LogP contribution in [-0.4, -0.2) is 61.2 Å². The molecule has 0 aromatic heterocycles. The van der Waals surface area contributed by atoms with Gasteiger partial charge in [-0.3, -0.25) is 9.69 Å². The highest BCUT2D eigenvalue weighted by molar-refractivity contribution is 6.33. The molecule has 1 saturated heterocycles. The number of nitrogens with zero attached hydrogens (tertiary/aromatic N) is 2. The summed E-state index contributed by atoms with van der Waals surface area (Å²) in [4.78, 5) is 16.6. The SMILES string of the molecule is O=C1CCc2cccc(OCC(O)CN3CCN(c4ccccc4Cl)CC3)c21. The van der Waals surface area contributed by atoms with Crippen molar-refractivity contribution in [1.29, 1.82) is 0 Å². The number of hydrogen-bond donors (Lipinski definition) is 1. The minimum absolute atomic E-state index is 0.135. The van der Waals surface area contributed by atoms with Crippen LogP contribution in [0.15, 0.2) is 42.5 Å². The Kier molecular flexibility index (Phi) is 5.85. The molecule has 0 saturated carbocycles. The molecule has 2 aromatic carbocycles. The third-order valence-electron chi connectivity index (χ3n) is 5.48. The number of rotatable bonds is 6. The van der Waals surface area contributed by atoms with Crippen LogP contribution in [0.25, 0.3) is 0 Å². The van der Waals surface area contributed by atoms with E-state index in [1.807, 2.05) is 42.5 Å².